The number of carboxylic acid groups (broad SMARTS) is 1. The molecule has 0 rings (SSSR count). The summed E-state index contributed by atoms with van der Waals surface area (Å²) in [6.45, 7) is 2.27. The predicted molar refractivity (Wildman–Crippen MR) is 96.8 cm³/mol. The molecule has 0 saturated heterocycles. The van der Waals surface area contributed by atoms with Crippen LogP contribution in [0.15, 0.2) is 0 Å². The Bertz CT molecular complexity index is 244. The van der Waals surface area contributed by atoms with Crippen molar-refractivity contribution in [1.82, 2.24) is 0 Å². The van der Waals surface area contributed by atoms with Crippen molar-refractivity contribution in [3.05, 3.63) is 0 Å². The first-order chi connectivity index (χ1) is 10.7. The van der Waals surface area contributed by atoms with Gasteiger partial charge in [0.1, 0.15) is 0 Å². The van der Waals surface area contributed by atoms with E-state index in [-0.39, 0.29) is 11.8 Å². The Labute approximate surface area is 143 Å². The Morgan fingerprint density at radius 2 is 1.14 bits per heavy atom. The molecule has 132 valence electrons. The molecule has 3 heteroatoms. The van der Waals surface area contributed by atoms with Gasteiger partial charge in [-0.05, 0) is 6.42 Å². The molecule has 0 bridgehead atoms. The van der Waals surface area contributed by atoms with Crippen LogP contribution in [0.2, 0.25) is 0 Å². The van der Waals surface area contributed by atoms with Crippen LogP contribution in [0.3, 0.4) is 0 Å². The van der Waals surface area contributed by atoms with Gasteiger partial charge < -0.3 is 5.11 Å². The number of unbranched alkanes of at least 4 members (excludes halogenated alkanes) is 13. The molecule has 0 spiro atoms. The molecule has 0 heterocycles. The third-order valence-electron chi connectivity index (χ3n) is 4.44. The second-order valence-electron chi connectivity index (χ2n) is 6.57. The van der Waals surface area contributed by atoms with Crippen LogP contribution >= 0.6 is 11.6 Å². The van der Waals surface area contributed by atoms with E-state index in [2.05, 4.69) is 6.92 Å². The predicted octanol–water partition coefficient (Wildman–Crippen LogP) is 6.80. The van der Waals surface area contributed by atoms with Gasteiger partial charge in [0.05, 0.1) is 5.92 Å². The summed E-state index contributed by atoms with van der Waals surface area (Å²) >= 11 is 5.64. The van der Waals surface area contributed by atoms with E-state index in [0.717, 1.165) is 19.3 Å². The number of carboxylic acids is 1. The van der Waals surface area contributed by atoms with Gasteiger partial charge in [-0.1, -0.05) is 96.8 Å². The van der Waals surface area contributed by atoms with Crippen LogP contribution in [-0.2, 0) is 4.79 Å². The highest BCUT2D eigenvalue weighted by molar-refractivity contribution is 6.19. The van der Waals surface area contributed by atoms with E-state index in [1.54, 1.807) is 0 Å². The fraction of sp³-hybridized carbons (Fsp3) is 0.947. The maximum atomic E-state index is 10.8. The molecule has 22 heavy (non-hydrogen) atoms. The minimum absolute atomic E-state index is 0.244. The van der Waals surface area contributed by atoms with E-state index in [1.165, 1.54) is 77.0 Å². The quantitative estimate of drug-likeness (QED) is 0.235. The Kier molecular flexibility index (Phi) is 16.9. The van der Waals surface area contributed by atoms with Crippen molar-refractivity contribution in [1.29, 1.82) is 0 Å². The normalized spacial score (nSPS) is 12.5. The van der Waals surface area contributed by atoms with Gasteiger partial charge in [-0.15, -0.1) is 11.6 Å². The number of hydrogen-bond donors (Lipinski definition) is 1. The van der Waals surface area contributed by atoms with Gasteiger partial charge in [0.25, 0.3) is 0 Å². The molecular formula is C19H37ClO2. The van der Waals surface area contributed by atoms with Gasteiger partial charge in [0.2, 0.25) is 0 Å². The molecule has 0 fully saturated rings. The van der Waals surface area contributed by atoms with Gasteiger partial charge in [-0.25, -0.2) is 0 Å². The van der Waals surface area contributed by atoms with Crippen molar-refractivity contribution in [2.24, 2.45) is 5.92 Å². The highest BCUT2D eigenvalue weighted by atomic mass is 35.5. The van der Waals surface area contributed by atoms with Crippen LogP contribution in [0.5, 0.6) is 0 Å². The monoisotopic (exact) mass is 332 g/mol. The number of halogens is 1. The van der Waals surface area contributed by atoms with Crippen LogP contribution in [0.25, 0.3) is 0 Å². The molecular weight excluding hydrogens is 296 g/mol. The maximum absolute atomic E-state index is 10.8. The lowest BCUT2D eigenvalue weighted by Gasteiger charge is -2.08. The molecule has 1 unspecified atom stereocenters. The molecule has 0 aromatic carbocycles. The van der Waals surface area contributed by atoms with Crippen LogP contribution < -0.4 is 0 Å². The van der Waals surface area contributed by atoms with Crippen LogP contribution in [-0.4, -0.2) is 17.0 Å². The SMILES string of the molecule is CCCCCCCCCCCCCCCCC(CCl)C(=O)O. The smallest absolute Gasteiger partial charge is 0.307 e. The summed E-state index contributed by atoms with van der Waals surface area (Å²) in [6, 6.07) is 0. The van der Waals surface area contributed by atoms with Crippen molar-refractivity contribution in [3.63, 3.8) is 0 Å². The fourth-order valence-corrected chi connectivity index (χ4v) is 3.14. The zero-order chi connectivity index (χ0) is 16.5. The van der Waals surface area contributed by atoms with Crippen molar-refractivity contribution >= 4 is 17.6 Å². The third kappa shape index (κ3) is 14.7. The van der Waals surface area contributed by atoms with Crippen molar-refractivity contribution in [2.45, 2.75) is 103 Å². The minimum Gasteiger partial charge on any atom is -0.481 e. The second-order valence-corrected chi connectivity index (χ2v) is 6.88. The molecule has 0 aliphatic rings. The van der Waals surface area contributed by atoms with Crippen LogP contribution in [0.1, 0.15) is 103 Å². The number of alkyl halides is 1. The van der Waals surface area contributed by atoms with E-state index in [0.29, 0.717) is 0 Å². The van der Waals surface area contributed by atoms with Crippen molar-refractivity contribution in [2.75, 3.05) is 5.88 Å². The van der Waals surface area contributed by atoms with Crippen LogP contribution in [0, 0.1) is 5.92 Å². The second kappa shape index (κ2) is 17.1. The van der Waals surface area contributed by atoms with Gasteiger partial charge in [0, 0.05) is 5.88 Å². The molecule has 0 aromatic rings. The molecule has 0 radical (unpaired) electrons. The zero-order valence-electron chi connectivity index (χ0n) is 14.6. The molecule has 0 aliphatic heterocycles. The lowest BCUT2D eigenvalue weighted by Crippen LogP contribution is -2.14. The average molecular weight is 333 g/mol. The highest BCUT2D eigenvalue weighted by Crippen LogP contribution is 2.15. The van der Waals surface area contributed by atoms with Crippen molar-refractivity contribution < 1.29 is 9.90 Å². The number of rotatable bonds is 17. The van der Waals surface area contributed by atoms with E-state index >= 15 is 0 Å². The lowest BCUT2D eigenvalue weighted by molar-refractivity contribution is -0.141. The molecule has 0 aromatic heterocycles. The minimum atomic E-state index is -0.746. The Hall–Kier alpha value is -0.240. The first-order valence-electron chi connectivity index (χ1n) is 9.51. The molecule has 0 amide bonds. The highest BCUT2D eigenvalue weighted by Gasteiger charge is 2.14. The van der Waals surface area contributed by atoms with Gasteiger partial charge in [-0.3, -0.25) is 4.79 Å². The summed E-state index contributed by atoms with van der Waals surface area (Å²) in [4.78, 5) is 10.8. The number of hydrogen-bond acceptors (Lipinski definition) is 1. The summed E-state index contributed by atoms with van der Waals surface area (Å²) in [7, 11) is 0. The van der Waals surface area contributed by atoms with E-state index in [4.69, 9.17) is 16.7 Å². The topological polar surface area (TPSA) is 37.3 Å². The van der Waals surface area contributed by atoms with E-state index in [1.807, 2.05) is 0 Å². The van der Waals surface area contributed by atoms with E-state index < -0.39 is 5.97 Å². The Balaban J connectivity index is 3.13. The van der Waals surface area contributed by atoms with Crippen LogP contribution in [0.4, 0.5) is 0 Å². The van der Waals surface area contributed by atoms with Crippen molar-refractivity contribution in [3.8, 4) is 0 Å². The summed E-state index contributed by atoms with van der Waals surface area (Å²) in [5, 5.41) is 8.89. The summed E-state index contributed by atoms with van der Waals surface area (Å²) in [5.41, 5.74) is 0. The lowest BCUT2D eigenvalue weighted by atomic mass is 10.0. The van der Waals surface area contributed by atoms with E-state index in [9.17, 15) is 4.79 Å². The average Bonchev–Trinajstić information content (AvgIpc) is 2.51. The largest absolute Gasteiger partial charge is 0.481 e. The van der Waals surface area contributed by atoms with Gasteiger partial charge >= 0.3 is 5.97 Å². The first kappa shape index (κ1) is 21.8. The van der Waals surface area contributed by atoms with Gasteiger partial charge in [-0.2, -0.15) is 0 Å². The van der Waals surface area contributed by atoms with Gasteiger partial charge in [0.15, 0.2) is 0 Å². The Morgan fingerprint density at radius 1 is 0.773 bits per heavy atom. The standard InChI is InChI=1S/C19H37ClO2/c1-2-3-4-5-6-7-8-9-10-11-12-13-14-15-16-18(17-20)19(21)22/h18H,2-17H2,1H3,(H,21,22). The fourth-order valence-electron chi connectivity index (χ4n) is 2.85. The summed E-state index contributed by atoms with van der Waals surface area (Å²) in [6.07, 6.45) is 19.4. The Morgan fingerprint density at radius 3 is 1.45 bits per heavy atom. The first-order valence-corrected chi connectivity index (χ1v) is 10.0. The third-order valence-corrected chi connectivity index (χ3v) is 4.81. The molecule has 1 N–H and O–H groups in total. The molecule has 0 saturated carbocycles. The molecule has 0 aliphatic carbocycles. The number of carbonyl (C=O) groups is 1. The maximum Gasteiger partial charge on any atom is 0.307 e. The summed E-state index contributed by atoms with van der Waals surface area (Å²) in [5.74, 6) is -0.850. The summed E-state index contributed by atoms with van der Waals surface area (Å²) < 4.78 is 0. The molecule has 2 nitrogen and oxygen atoms in total. The number of aliphatic carboxylic acids is 1. The zero-order valence-corrected chi connectivity index (χ0v) is 15.4. The molecule has 1 atom stereocenters.